The minimum absolute atomic E-state index is 0.0606. The Morgan fingerprint density at radius 3 is 2.47 bits per heavy atom. The van der Waals surface area contributed by atoms with Gasteiger partial charge in [-0.05, 0) is 60.2 Å². The Balaban J connectivity index is 1.72. The van der Waals surface area contributed by atoms with Gasteiger partial charge in [0.25, 0.3) is 5.91 Å². The molecule has 0 saturated carbocycles. The third-order valence-corrected chi connectivity index (χ3v) is 5.49. The number of anilines is 1. The number of amides is 2. The number of ether oxygens (including phenoxy) is 1. The average molecular weight is 413 g/mol. The zero-order valence-corrected chi connectivity index (χ0v) is 18.0. The van der Waals surface area contributed by atoms with Crippen molar-refractivity contribution in [1.82, 2.24) is 4.90 Å². The van der Waals surface area contributed by atoms with Crippen LogP contribution in [0.4, 0.5) is 10.1 Å². The largest absolute Gasteiger partial charge is 0.495 e. The highest BCUT2D eigenvalue weighted by Gasteiger charge is 2.29. The summed E-state index contributed by atoms with van der Waals surface area (Å²) in [7, 11) is 1.57. The SMILES string of the molecule is COc1ccc(C(C)(C)C)cc1NC(=O)C1CCCN(C(=O)c2ccc(F)cc2)C1. The minimum atomic E-state index is -0.381. The van der Waals surface area contributed by atoms with Gasteiger partial charge < -0.3 is 15.0 Å². The number of hydrogen-bond acceptors (Lipinski definition) is 3. The molecular weight excluding hydrogens is 383 g/mol. The number of carbonyl (C=O) groups is 2. The molecule has 1 saturated heterocycles. The van der Waals surface area contributed by atoms with Crippen molar-refractivity contribution in [2.45, 2.75) is 39.0 Å². The summed E-state index contributed by atoms with van der Waals surface area (Å²) >= 11 is 0. The monoisotopic (exact) mass is 412 g/mol. The van der Waals surface area contributed by atoms with Crippen LogP contribution in [0.15, 0.2) is 42.5 Å². The Morgan fingerprint density at radius 2 is 1.83 bits per heavy atom. The molecule has 1 fully saturated rings. The second kappa shape index (κ2) is 8.86. The first kappa shape index (κ1) is 21.8. The van der Waals surface area contributed by atoms with Crippen LogP contribution in [0.25, 0.3) is 0 Å². The summed E-state index contributed by atoms with van der Waals surface area (Å²) in [4.78, 5) is 27.4. The zero-order chi connectivity index (χ0) is 21.9. The molecule has 1 aliphatic rings. The van der Waals surface area contributed by atoms with E-state index in [0.717, 1.165) is 12.0 Å². The van der Waals surface area contributed by atoms with E-state index < -0.39 is 0 Å². The van der Waals surface area contributed by atoms with E-state index in [2.05, 4.69) is 26.1 Å². The van der Waals surface area contributed by atoms with Gasteiger partial charge in [0.2, 0.25) is 5.91 Å². The number of piperidine rings is 1. The molecule has 1 unspecified atom stereocenters. The molecule has 1 heterocycles. The highest BCUT2D eigenvalue weighted by molar-refractivity contribution is 5.97. The zero-order valence-electron chi connectivity index (χ0n) is 18.0. The van der Waals surface area contributed by atoms with Crippen molar-refractivity contribution >= 4 is 17.5 Å². The molecule has 5 nitrogen and oxygen atoms in total. The summed E-state index contributed by atoms with van der Waals surface area (Å²) in [5, 5.41) is 3.00. The molecule has 0 spiro atoms. The summed E-state index contributed by atoms with van der Waals surface area (Å²) in [5.41, 5.74) is 2.10. The van der Waals surface area contributed by atoms with Gasteiger partial charge in [-0.15, -0.1) is 0 Å². The summed E-state index contributed by atoms with van der Waals surface area (Å²) < 4.78 is 18.6. The fraction of sp³-hybridized carbons (Fsp3) is 0.417. The average Bonchev–Trinajstić information content (AvgIpc) is 2.73. The highest BCUT2D eigenvalue weighted by atomic mass is 19.1. The Morgan fingerprint density at radius 1 is 1.13 bits per heavy atom. The Kier molecular flexibility index (Phi) is 6.44. The molecular formula is C24H29FN2O3. The lowest BCUT2D eigenvalue weighted by Crippen LogP contribution is -2.43. The number of nitrogens with zero attached hydrogens (tertiary/aromatic N) is 1. The first-order valence-electron chi connectivity index (χ1n) is 10.2. The van der Waals surface area contributed by atoms with Crippen molar-refractivity contribution in [3.05, 3.63) is 59.4 Å². The van der Waals surface area contributed by atoms with Gasteiger partial charge in [-0.1, -0.05) is 26.8 Å². The van der Waals surface area contributed by atoms with E-state index in [0.29, 0.717) is 36.5 Å². The maximum atomic E-state index is 13.1. The summed E-state index contributed by atoms with van der Waals surface area (Å²) in [6.45, 7) is 7.26. The molecule has 2 aromatic carbocycles. The van der Waals surface area contributed by atoms with E-state index in [9.17, 15) is 14.0 Å². The smallest absolute Gasteiger partial charge is 0.253 e. The van der Waals surface area contributed by atoms with Gasteiger partial charge in [-0.2, -0.15) is 0 Å². The topological polar surface area (TPSA) is 58.6 Å². The van der Waals surface area contributed by atoms with Crippen molar-refractivity contribution in [2.75, 3.05) is 25.5 Å². The highest BCUT2D eigenvalue weighted by Crippen LogP contribution is 2.32. The predicted octanol–water partition coefficient (Wildman–Crippen LogP) is 4.62. The first-order chi connectivity index (χ1) is 14.2. The lowest BCUT2D eigenvalue weighted by Gasteiger charge is -2.32. The van der Waals surface area contributed by atoms with Crippen molar-refractivity contribution in [1.29, 1.82) is 0 Å². The van der Waals surface area contributed by atoms with Crippen LogP contribution in [0.3, 0.4) is 0 Å². The number of carbonyl (C=O) groups excluding carboxylic acids is 2. The second-order valence-electron chi connectivity index (χ2n) is 8.75. The van der Waals surface area contributed by atoms with Crippen molar-refractivity contribution < 1.29 is 18.7 Å². The number of halogens is 1. The van der Waals surface area contributed by atoms with Crippen molar-refractivity contribution in [3.63, 3.8) is 0 Å². The maximum absolute atomic E-state index is 13.1. The predicted molar refractivity (Wildman–Crippen MR) is 115 cm³/mol. The lowest BCUT2D eigenvalue weighted by atomic mass is 9.86. The van der Waals surface area contributed by atoms with Crippen LogP contribution in [0.5, 0.6) is 5.75 Å². The molecule has 6 heteroatoms. The number of nitrogens with one attached hydrogen (secondary N) is 1. The number of methoxy groups -OCH3 is 1. The van der Waals surface area contributed by atoms with Crippen LogP contribution in [-0.4, -0.2) is 36.9 Å². The van der Waals surface area contributed by atoms with Crippen LogP contribution in [0.2, 0.25) is 0 Å². The Hall–Kier alpha value is -2.89. The second-order valence-corrected chi connectivity index (χ2v) is 8.75. The van der Waals surface area contributed by atoms with Gasteiger partial charge in [0.05, 0.1) is 18.7 Å². The third kappa shape index (κ3) is 4.99. The fourth-order valence-electron chi connectivity index (χ4n) is 3.66. The molecule has 2 amide bonds. The lowest BCUT2D eigenvalue weighted by molar-refractivity contribution is -0.121. The van der Waals surface area contributed by atoms with Crippen LogP contribution in [0, 0.1) is 11.7 Å². The van der Waals surface area contributed by atoms with Crippen molar-refractivity contribution in [2.24, 2.45) is 5.92 Å². The van der Waals surface area contributed by atoms with Gasteiger partial charge in [0, 0.05) is 18.7 Å². The van der Waals surface area contributed by atoms with Crippen LogP contribution in [0.1, 0.15) is 49.5 Å². The molecule has 1 atom stereocenters. The molecule has 30 heavy (non-hydrogen) atoms. The van der Waals surface area contributed by atoms with Crippen LogP contribution < -0.4 is 10.1 Å². The van der Waals surface area contributed by atoms with Gasteiger partial charge in [-0.3, -0.25) is 9.59 Å². The van der Waals surface area contributed by atoms with Crippen LogP contribution in [-0.2, 0) is 10.2 Å². The summed E-state index contributed by atoms with van der Waals surface area (Å²) in [5.74, 6) is -0.401. The van der Waals surface area contributed by atoms with E-state index in [1.54, 1.807) is 12.0 Å². The van der Waals surface area contributed by atoms with Crippen LogP contribution >= 0.6 is 0 Å². The fourth-order valence-corrected chi connectivity index (χ4v) is 3.66. The molecule has 1 aliphatic heterocycles. The van der Waals surface area contributed by atoms with E-state index in [1.165, 1.54) is 24.3 Å². The number of likely N-dealkylation sites (tertiary alicyclic amines) is 1. The molecule has 160 valence electrons. The first-order valence-corrected chi connectivity index (χ1v) is 10.2. The van der Waals surface area contributed by atoms with Gasteiger partial charge in [0.1, 0.15) is 11.6 Å². The van der Waals surface area contributed by atoms with E-state index >= 15 is 0 Å². The number of rotatable bonds is 4. The van der Waals surface area contributed by atoms with E-state index in [1.807, 2.05) is 18.2 Å². The number of benzene rings is 2. The quantitative estimate of drug-likeness (QED) is 0.797. The van der Waals surface area contributed by atoms with Gasteiger partial charge in [-0.25, -0.2) is 4.39 Å². The molecule has 0 bridgehead atoms. The van der Waals surface area contributed by atoms with Crippen molar-refractivity contribution in [3.8, 4) is 5.75 Å². The molecule has 1 N–H and O–H groups in total. The maximum Gasteiger partial charge on any atom is 0.253 e. The summed E-state index contributed by atoms with van der Waals surface area (Å²) in [6, 6.07) is 11.3. The van der Waals surface area contributed by atoms with E-state index in [-0.39, 0.29) is 29.0 Å². The van der Waals surface area contributed by atoms with Gasteiger partial charge >= 0.3 is 0 Å². The molecule has 3 rings (SSSR count). The Bertz CT molecular complexity index is 919. The summed E-state index contributed by atoms with van der Waals surface area (Å²) in [6.07, 6.45) is 1.45. The van der Waals surface area contributed by atoms with Gasteiger partial charge in [0.15, 0.2) is 0 Å². The molecule has 0 radical (unpaired) electrons. The molecule has 0 aromatic heterocycles. The number of hydrogen-bond donors (Lipinski definition) is 1. The molecule has 0 aliphatic carbocycles. The Labute approximate surface area is 177 Å². The normalized spacial score (nSPS) is 16.8. The molecule has 2 aromatic rings. The minimum Gasteiger partial charge on any atom is -0.495 e. The van der Waals surface area contributed by atoms with E-state index in [4.69, 9.17) is 4.74 Å². The standard InChI is InChI=1S/C24H29FN2O3/c1-24(2,3)18-9-12-21(30-4)20(14-18)26-22(28)17-6-5-13-27(15-17)23(29)16-7-10-19(25)11-8-16/h7-12,14,17H,5-6,13,15H2,1-4H3,(H,26,28). The third-order valence-electron chi connectivity index (χ3n) is 5.49.